The largest absolute Gasteiger partial charge is 0.478 e. The van der Waals surface area contributed by atoms with Gasteiger partial charge in [0, 0.05) is 18.6 Å². The molecule has 2 N–H and O–H groups in total. The van der Waals surface area contributed by atoms with E-state index in [1.165, 1.54) is 0 Å². The van der Waals surface area contributed by atoms with E-state index in [1.54, 1.807) is 0 Å². The number of hydrogen-bond acceptors (Lipinski definition) is 3. The number of unbranched alkanes of at least 4 members (excludes halogenated alkanes) is 2. The zero-order chi connectivity index (χ0) is 11.4. The number of hydrogen-bond donors (Lipinski definition) is 2. The average molecular weight is 202 g/mol. The summed E-state index contributed by atoms with van der Waals surface area (Å²) < 4.78 is 0. The molecule has 0 saturated carbocycles. The van der Waals surface area contributed by atoms with Crippen LogP contribution >= 0.6 is 0 Å². The number of carbonyl (C=O) groups is 3. The van der Waals surface area contributed by atoms with Gasteiger partial charge in [-0.2, -0.15) is 0 Å². The molecule has 0 aromatic heterocycles. The maximum atomic E-state index is 9.56. The van der Waals surface area contributed by atoms with Crippen LogP contribution < -0.4 is 0 Å². The van der Waals surface area contributed by atoms with Crippen molar-refractivity contribution >= 4 is 18.2 Å². The van der Waals surface area contributed by atoms with E-state index in [-0.39, 0.29) is 0 Å². The smallest absolute Gasteiger partial charge is 0.328 e. The molecule has 0 bridgehead atoms. The Labute approximate surface area is 82.0 Å². The summed E-state index contributed by atoms with van der Waals surface area (Å²) in [5, 5.41) is 15.6. The van der Waals surface area contributed by atoms with Gasteiger partial charge in [0.15, 0.2) is 0 Å². The van der Waals surface area contributed by atoms with Gasteiger partial charge in [-0.25, -0.2) is 9.59 Å². The van der Waals surface area contributed by atoms with Crippen molar-refractivity contribution in [1.29, 1.82) is 0 Å². The number of carboxylic acid groups (broad SMARTS) is 2. The van der Waals surface area contributed by atoms with Crippen LogP contribution in [0.1, 0.15) is 26.2 Å². The van der Waals surface area contributed by atoms with E-state index in [4.69, 9.17) is 10.2 Å². The van der Waals surface area contributed by atoms with Crippen LogP contribution in [-0.4, -0.2) is 28.4 Å². The second-order valence-electron chi connectivity index (χ2n) is 2.32. The maximum Gasteiger partial charge on any atom is 0.328 e. The highest BCUT2D eigenvalue weighted by Gasteiger charge is 1.88. The molecule has 0 saturated heterocycles. The summed E-state index contributed by atoms with van der Waals surface area (Å²) >= 11 is 0. The van der Waals surface area contributed by atoms with Crippen molar-refractivity contribution < 1.29 is 24.6 Å². The van der Waals surface area contributed by atoms with E-state index in [2.05, 4.69) is 6.92 Å². The molecule has 5 nitrogen and oxygen atoms in total. The number of aliphatic carboxylic acids is 2. The molecule has 0 aliphatic rings. The maximum absolute atomic E-state index is 9.56. The number of carboxylic acids is 2. The lowest BCUT2D eigenvalue weighted by atomic mass is 10.3. The molecule has 80 valence electrons. The second kappa shape index (κ2) is 11.4. The molecular formula is C9H14O5. The van der Waals surface area contributed by atoms with Gasteiger partial charge >= 0.3 is 11.9 Å². The topological polar surface area (TPSA) is 91.7 Å². The third-order valence-corrected chi connectivity index (χ3v) is 1.04. The summed E-state index contributed by atoms with van der Waals surface area (Å²) in [5.41, 5.74) is 0. The molecule has 0 radical (unpaired) electrons. The van der Waals surface area contributed by atoms with Crippen LogP contribution in [0.15, 0.2) is 12.2 Å². The Bertz CT molecular complexity index is 191. The highest BCUT2D eigenvalue weighted by Crippen LogP contribution is 1.87. The molecule has 0 heterocycles. The van der Waals surface area contributed by atoms with Crippen LogP contribution in [0.4, 0.5) is 0 Å². The molecule has 0 atom stereocenters. The lowest BCUT2D eigenvalue weighted by molar-refractivity contribution is -0.134. The fourth-order valence-corrected chi connectivity index (χ4v) is 0.430. The van der Waals surface area contributed by atoms with Gasteiger partial charge in [0.1, 0.15) is 6.29 Å². The van der Waals surface area contributed by atoms with Crippen molar-refractivity contribution in [3.63, 3.8) is 0 Å². The third kappa shape index (κ3) is 22.4. The number of carbonyl (C=O) groups excluding carboxylic acids is 1. The van der Waals surface area contributed by atoms with Gasteiger partial charge in [0.05, 0.1) is 0 Å². The summed E-state index contributed by atoms with van der Waals surface area (Å²) in [4.78, 5) is 28.7. The van der Waals surface area contributed by atoms with Crippen LogP contribution in [0.3, 0.4) is 0 Å². The Morgan fingerprint density at radius 2 is 1.57 bits per heavy atom. The molecule has 0 fully saturated rings. The van der Waals surface area contributed by atoms with E-state index < -0.39 is 11.9 Å². The van der Waals surface area contributed by atoms with Gasteiger partial charge in [0.25, 0.3) is 0 Å². The molecule has 0 unspecified atom stereocenters. The summed E-state index contributed by atoms with van der Waals surface area (Å²) in [6.07, 6.45) is 4.98. The Hall–Kier alpha value is -1.65. The lowest BCUT2D eigenvalue weighted by Gasteiger charge is -1.79. The quantitative estimate of drug-likeness (QED) is 0.395. The van der Waals surface area contributed by atoms with Crippen molar-refractivity contribution in [2.24, 2.45) is 0 Å². The van der Waals surface area contributed by atoms with Gasteiger partial charge in [0.2, 0.25) is 0 Å². The fraction of sp³-hybridized carbons (Fsp3) is 0.444. The normalized spacial score (nSPS) is 8.93. The Morgan fingerprint density at radius 3 is 1.71 bits per heavy atom. The van der Waals surface area contributed by atoms with Crippen LogP contribution in [0.5, 0.6) is 0 Å². The zero-order valence-electron chi connectivity index (χ0n) is 7.97. The summed E-state index contributed by atoms with van der Waals surface area (Å²) in [6, 6.07) is 0. The predicted octanol–water partition coefficient (Wildman–Crippen LogP) is 1.09. The Morgan fingerprint density at radius 1 is 1.14 bits per heavy atom. The van der Waals surface area contributed by atoms with Crippen LogP contribution in [0, 0.1) is 0 Å². The molecular weight excluding hydrogens is 188 g/mol. The second-order valence-corrected chi connectivity index (χ2v) is 2.32. The predicted molar refractivity (Wildman–Crippen MR) is 50.0 cm³/mol. The van der Waals surface area contributed by atoms with Crippen molar-refractivity contribution in [2.45, 2.75) is 26.2 Å². The van der Waals surface area contributed by atoms with Crippen LogP contribution in [-0.2, 0) is 14.4 Å². The first-order valence-electron chi connectivity index (χ1n) is 4.12. The zero-order valence-corrected chi connectivity index (χ0v) is 7.97. The van der Waals surface area contributed by atoms with Crippen LogP contribution in [0.25, 0.3) is 0 Å². The fourth-order valence-electron chi connectivity index (χ4n) is 0.430. The molecule has 0 rings (SSSR count). The number of rotatable bonds is 5. The standard InChI is InChI=1S/C5H10O.C4H4O4/c1-2-3-4-5-6;5-3(6)1-2-4(7)8/h5H,2-4H2,1H3;1-2H,(H,5,6)(H,7,8). The molecule has 0 aliphatic heterocycles. The van der Waals surface area contributed by atoms with E-state index >= 15 is 0 Å². The first-order valence-corrected chi connectivity index (χ1v) is 4.12. The van der Waals surface area contributed by atoms with E-state index in [9.17, 15) is 14.4 Å². The summed E-state index contributed by atoms with van der Waals surface area (Å²) in [6.45, 7) is 2.07. The molecule has 0 spiro atoms. The minimum atomic E-state index is -1.26. The lowest BCUT2D eigenvalue weighted by Crippen LogP contribution is -1.91. The third-order valence-electron chi connectivity index (χ3n) is 1.04. The highest BCUT2D eigenvalue weighted by molar-refractivity contribution is 5.89. The van der Waals surface area contributed by atoms with Gasteiger partial charge in [-0.05, 0) is 6.42 Å². The SMILES string of the molecule is CCCCC=O.O=C(O)C=CC(=O)O. The molecule has 0 amide bonds. The van der Waals surface area contributed by atoms with Gasteiger partial charge < -0.3 is 15.0 Å². The molecule has 14 heavy (non-hydrogen) atoms. The van der Waals surface area contributed by atoms with Gasteiger partial charge in [-0.3, -0.25) is 0 Å². The van der Waals surface area contributed by atoms with E-state index in [0.717, 1.165) is 25.5 Å². The van der Waals surface area contributed by atoms with Crippen molar-refractivity contribution in [1.82, 2.24) is 0 Å². The summed E-state index contributed by atoms with van der Waals surface area (Å²) in [5.74, 6) is -2.51. The monoisotopic (exact) mass is 202 g/mol. The Balaban J connectivity index is 0. The van der Waals surface area contributed by atoms with Gasteiger partial charge in [-0.15, -0.1) is 0 Å². The highest BCUT2D eigenvalue weighted by atomic mass is 16.4. The van der Waals surface area contributed by atoms with Gasteiger partial charge in [-0.1, -0.05) is 13.3 Å². The minimum Gasteiger partial charge on any atom is -0.478 e. The van der Waals surface area contributed by atoms with E-state index in [0.29, 0.717) is 12.2 Å². The van der Waals surface area contributed by atoms with Crippen molar-refractivity contribution in [3.8, 4) is 0 Å². The van der Waals surface area contributed by atoms with E-state index in [1.807, 2.05) is 0 Å². The Kier molecular flexibility index (Phi) is 12.0. The summed E-state index contributed by atoms with van der Waals surface area (Å²) in [7, 11) is 0. The molecule has 0 aromatic rings. The number of aldehydes is 1. The first kappa shape index (κ1) is 14.9. The van der Waals surface area contributed by atoms with Crippen LogP contribution in [0.2, 0.25) is 0 Å². The minimum absolute atomic E-state index is 0.558. The molecule has 0 aliphatic carbocycles. The van der Waals surface area contributed by atoms with Crippen molar-refractivity contribution in [2.75, 3.05) is 0 Å². The van der Waals surface area contributed by atoms with Crippen molar-refractivity contribution in [3.05, 3.63) is 12.2 Å². The average Bonchev–Trinajstić information content (AvgIpc) is 2.12. The molecule has 0 aromatic carbocycles. The first-order chi connectivity index (χ1) is 6.54. The molecule has 5 heteroatoms.